The lowest BCUT2D eigenvalue weighted by molar-refractivity contribution is -0.118. The molecule has 2 heterocycles. The molecule has 0 unspecified atom stereocenters. The van der Waals surface area contributed by atoms with Gasteiger partial charge in [0.15, 0.2) is 0 Å². The Bertz CT molecular complexity index is 489. The molecule has 104 valence electrons. The molecule has 0 amide bonds. The molecule has 1 aromatic rings. The summed E-state index contributed by atoms with van der Waals surface area (Å²) in [6.45, 7) is 4.20. The molecule has 3 rings (SSSR count). The SMILES string of the molecule is Cc1cc(SN2CCC3(CCC(=O)C3)CC2)n(C)n1. The third-order valence-corrected chi connectivity index (χ3v) is 5.66. The smallest absolute Gasteiger partial charge is 0.133 e. The Morgan fingerprint density at radius 1 is 1.32 bits per heavy atom. The van der Waals surface area contributed by atoms with E-state index in [0.29, 0.717) is 11.2 Å². The average molecular weight is 279 g/mol. The summed E-state index contributed by atoms with van der Waals surface area (Å²) in [6, 6.07) is 2.13. The Hall–Kier alpha value is -0.810. The quantitative estimate of drug-likeness (QED) is 0.780. The summed E-state index contributed by atoms with van der Waals surface area (Å²) in [5.74, 6) is 0.475. The highest BCUT2D eigenvalue weighted by Gasteiger charge is 2.40. The number of rotatable bonds is 2. The minimum absolute atomic E-state index is 0.344. The Kier molecular flexibility index (Phi) is 3.43. The maximum absolute atomic E-state index is 11.5. The molecule has 0 N–H and O–H groups in total. The zero-order valence-electron chi connectivity index (χ0n) is 11.7. The van der Waals surface area contributed by atoms with Crippen LogP contribution in [0.4, 0.5) is 0 Å². The first kappa shape index (κ1) is 13.2. The van der Waals surface area contributed by atoms with Crippen molar-refractivity contribution in [3.8, 4) is 0 Å². The summed E-state index contributed by atoms with van der Waals surface area (Å²) in [5, 5.41) is 5.59. The Balaban J connectivity index is 1.59. The van der Waals surface area contributed by atoms with Gasteiger partial charge in [-0.05, 0) is 49.6 Å². The number of carbonyl (C=O) groups excluding carboxylic acids is 1. The first-order valence-corrected chi connectivity index (χ1v) is 7.79. The molecule has 1 aromatic heterocycles. The Morgan fingerprint density at radius 2 is 2.05 bits per heavy atom. The second-order valence-corrected chi connectivity index (χ2v) is 7.10. The van der Waals surface area contributed by atoms with Gasteiger partial charge in [-0.15, -0.1) is 0 Å². The van der Waals surface area contributed by atoms with Gasteiger partial charge in [-0.1, -0.05) is 0 Å². The Morgan fingerprint density at radius 3 is 2.58 bits per heavy atom. The molecule has 1 saturated carbocycles. The van der Waals surface area contributed by atoms with Crippen molar-refractivity contribution in [2.24, 2.45) is 12.5 Å². The van der Waals surface area contributed by atoms with Gasteiger partial charge in [0.2, 0.25) is 0 Å². The van der Waals surface area contributed by atoms with Crippen LogP contribution >= 0.6 is 11.9 Å². The monoisotopic (exact) mass is 279 g/mol. The van der Waals surface area contributed by atoms with Crippen LogP contribution in [-0.4, -0.2) is 33.0 Å². The largest absolute Gasteiger partial charge is 0.300 e. The van der Waals surface area contributed by atoms with Gasteiger partial charge in [-0.2, -0.15) is 5.10 Å². The van der Waals surface area contributed by atoms with Crippen LogP contribution in [0.25, 0.3) is 0 Å². The number of aryl methyl sites for hydroxylation is 2. The van der Waals surface area contributed by atoms with Crippen LogP contribution in [0.5, 0.6) is 0 Å². The molecule has 1 spiro atoms. The fourth-order valence-corrected chi connectivity index (χ4v) is 4.29. The predicted molar refractivity (Wildman–Crippen MR) is 75.9 cm³/mol. The number of hydrogen-bond donors (Lipinski definition) is 0. The normalized spacial score (nSPS) is 23.4. The van der Waals surface area contributed by atoms with Gasteiger partial charge < -0.3 is 0 Å². The highest BCUT2D eigenvalue weighted by atomic mass is 32.2. The van der Waals surface area contributed by atoms with Gasteiger partial charge in [0.05, 0.1) is 5.69 Å². The van der Waals surface area contributed by atoms with E-state index in [9.17, 15) is 4.79 Å². The molecular weight excluding hydrogens is 258 g/mol. The van der Waals surface area contributed by atoms with E-state index in [1.54, 1.807) is 11.9 Å². The number of aromatic nitrogens is 2. The van der Waals surface area contributed by atoms with E-state index >= 15 is 0 Å². The van der Waals surface area contributed by atoms with Crippen molar-refractivity contribution in [1.82, 2.24) is 14.1 Å². The lowest BCUT2D eigenvalue weighted by Crippen LogP contribution is -2.35. The van der Waals surface area contributed by atoms with Crippen molar-refractivity contribution in [2.45, 2.75) is 44.1 Å². The first-order chi connectivity index (χ1) is 9.06. The van der Waals surface area contributed by atoms with Crippen molar-refractivity contribution >= 4 is 17.7 Å². The van der Waals surface area contributed by atoms with Gasteiger partial charge in [-0.3, -0.25) is 9.48 Å². The lowest BCUT2D eigenvalue weighted by Gasteiger charge is -2.38. The second kappa shape index (κ2) is 4.94. The predicted octanol–water partition coefficient (Wildman–Crippen LogP) is 2.57. The maximum Gasteiger partial charge on any atom is 0.133 e. The van der Waals surface area contributed by atoms with Gasteiger partial charge in [0.1, 0.15) is 10.8 Å². The number of piperidine rings is 1. The molecule has 1 aliphatic heterocycles. The molecule has 1 saturated heterocycles. The van der Waals surface area contributed by atoms with E-state index in [1.165, 1.54) is 17.9 Å². The molecule has 1 aliphatic carbocycles. The van der Waals surface area contributed by atoms with Gasteiger partial charge in [-0.25, -0.2) is 4.31 Å². The first-order valence-electron chi connectivity index (χ1n) is 7.02. The standard InChI is InChI=1S/C14H21N3OS/c1-11-9-13(16(2)15-11)19-17-7-5-14(6-8-17)4-3-12(18)10-14/h9H,3-8,10H2,1-2H3. The topological polar surface area (TPSA) is 38.1 Å². The van der Waals surface area contributed by atoms with E-state index in [1.807, 2.05) is 18.7 Å². The van der Waals surface area contributed by atoms with E-state index in [4.69, 9.17) is 0 Å². The minimum Gasteiger partial charge on any atom is -0.300 e. The zero-order chi connectivity index (χ0) is 13.5. The van der Waals surface area contributed by atoms with Crippen molar-refractivity contribution < 1.29 is 4.79 Å². The molecule has 0 aromatic carbocycles. The van der Waals surface area contributed by atoms with Crippen LogP contribution in [-0.2, 0) is 11.8 Å². The molecule has 0 radical (unpaired) electrons. The van der Waals surface area contributed by atoms with E-state index in [2.05, 4.69) is 15.5 Å². The molecular formula is C14H21N3OS. The number of Topliss-reactive ketones (excluding diaryl/α,β-unsaturated/α-hetero) is 1. The van der Waals surface area contributed by atoms with Crippen LogP contribution < -0.4 is 0 Å². The van der Waals surface area contributed by atoms with Crippen molar-refractivity contribution in [2.75, 3.05) is 13.1 Å². The zero-order valence-corrected chi connectivity index (χ0v) is 12.5. The van der Waals surface area contributed by atoms with Crippen molar-refractivity contribution in [1.29, 1.82) is 0 Å². The molecule has 2 fully saturated rings. The van der Waals surface area contributed by atoms with Crippen molar-refractivity contribution in [3.63, 3.8) is 0 Å². The minimum atomic E-state index is 0.344. The van der Waals surface area contributed by atoms with Crippen LogP contribution in [0.3, 0.4) is 0 Å². The second-order valence-electron chi connectivity index (χ2n) is 5.98. The maximum atomic E-state index is 11.5. The van der Waals surface area contributed by atoms with E-state index in [0.717, 1.165) is 38.0 Å². The molecule has 5 heteroatoms. The number of hydrogen-bond acceptors (Lipinski definition) is 4. The van der Waals surface area contributed by atoms with Gasteiger partial charge in [0, 0.05) is 33.0 Å². The fraction of sp³-hybridized carbons (Fsp3) is 0.714. The lowest BCUT2D eigenvalue weighted by atomic mass is 9.77. The Labute approximate surface area is 118 Å². The average Bonchev–Trinajstić information content (AvgIpc) is 2.87. The number of nitrogens with zero attached hydrogens (tertiary/aromatic N) is 3. The number of carbonyl (C=O) groups is 1. The fourth-order valence-electron chi connectivity index (χ4n) is 3.28. The third-order valence-electron chi connectivity index (χ3n) is 4.47. The third kappa shape index (κ3) is 2.72. The van der Waals surface area contributed by atoms with Crippen molar-refractivity contribution in [3.05, 3.63) is 11.8 Å². The highest BCUT2D eigenvalue weighted by molar-refractivity contribution is 7.97. The molecule has 0 atom stereocenters. The number of ketones is 1. The summed E-state index contributed by atoms with van der Waals surface area (Å²) in [6.07, 6.45) is 5.10. The molecule has 0 bridgehead atoms. The summed E-state index contributed by atoms with van der Waals surface area (Å²) in [7, 11) is 2.00. The summed E-state index contributed by atoms with van der Waals surface area (Å²) < 4.78 is 4.37. The summed E-state index contributed by atoms with van der Waals surface area (Å²) in [4.78, 5) is 11.5. The van der Waals surface area contributed by atoms with E-state index in [-0.39, 0.29) is 0 Å². The molecule has 19 heavy (non-hydrogen) atoms. The molecule has 2 aliphatic rings. The highest BCUT2D eigenvalue weighted by Crippen LogP contribution is 2.46. The van der Waals surface area contributed by atoms with E-state index < -0.39 is 0 Å². The molecule has 4 nitrogen and oxygen atoms in total. The van der Waals surface area contributed by atoms with Gasteiger partial charge in [0.25, 0.3) is 0 Å². The van der Waals surface area contributed by atoms with Crippen LogP contribution in [0.1, 0.15) is 37.8 Å². The van der Waals surface area contributed by atoms with Crippen LogP contribution in [0, 0.1) is 12.3 Å². The summed E-state index contributed by atoms with van der Waals surface area (Å²) >= 11 is 1.80. The van der Waals surface area contributed by atoms with Crippen LogP contribution in [0.2, 0.25) is 0 Å². The summed E-state index contributed by atoms with van der Waals surface area (Å²) in [5.41, 5.74) is 1.41. The van der Waals surface area contributed by atoms with Gasteiger partial charge >= 0.3 is 0 Å². The van der Waals surface area contributed by atoms with Crippen LogP contribution in [0.15, 0.2) is 11.1 Å².